The molecule has 202 valence electrons. The van der Waals surface area contributed by atoms with E-state index < -0.39 is 52.3 Å². The van der Waals surface area contributed by atoms with Gasteiger partial charge in [0.2, 0.25) is 5.78 Å². The third-order valence-corrected chi connectivity index (χ3v) is 8.72. The number of halogens is 1. The molecule has 8 nitrogen and oxygen atoms in total. The number of carbonyl (C=O) groups is 3. The zero-order valence-electron chi connectivity index (χ0n) is 21.7. The summed E-state index contributed by atoms with van der Waals surface area (Å²) in [6.45, 7) is 1.83. The Kier molecular flexibility index (Phi) is 6.65. The van der Waals surface area contributed by atoms with Gasteiger partial charge in [0.25, 0.3) is 5.91 Å². The summed E-state index contributed by atoms with van der Waals surface area (Å²) in [5.74, 6) is -5.76. The highest BCUT2D eigenvalue weighted by Gasteiger charge is 2.64. The minimum atomic E-state index is -2.57. The molecule has 5 N–H and O–H groups in total. The molecule has 4 atom stereocenters. The fourth-order valence-corrected chi connectivity index (χ4v) is 6.64. The largest absolute Gasteiger partial charge is 0.508 e. The van der Waals surface area contributed by atoms with Crippen LogP contribution in [0.5, 0.6) is 0 Å². The molecule has 0 bridgehead atoms. The summed E-state index contributed by atoms with van der Waals surface area (Å²) in [5, 5.41) is 34.2. The SMILES string of the molecule is Cc1ccc(/C=C/c2ccc(Br)cc2)c2c1C(O)=C1C(=O)C3(O)C(O)=C(C(N)=O)C(=O)[C@@H](N(C)C)[C@@H]3C[C@@H]1C2. The topological polar surface area (TPSA) is 141 Å². The number of nitrogens with two attached hydrogens (primary N) is 1. The zero-order chi connectivity index (χ0) is 28.4. The third kappa shape index (κ3) is 4.07. The molecule has 2 aromatic carbocycles. The molecular formula is C30H29BrN2O6. The summed E-state index contributed by atoms with van der Waals surface area (Å²) < 4.78 is 0.970. The van der Waals surface area contributed by atoms with E-state index in [1.54, 1.807) is 14.1 Å². The van der Waals surface area contributed by atoms with Gasteiger partial charge in [0.15, 0.2) is 11.4 Å². The van der Waals surface area contributed by atoms with E-state index in [9.17, 15) is 29.7 Å². The first kappa shape index (κ1) is 27.1. The van der Waals surface area contributed by atoms with Crippen LogP contribution in [0.2, 0.25) is 0 Å². The second kappa shape index (κ2) is 9.59. The Balaban J connectivity index is 1.66. The molecule has 3 aliphatic carbocycles. The van der Waals surface area contributed by atoms with Crippen LogP contribution in [-0.2, 0) is 20.8 Å². The summed E-state index contributed by atoms with van der Waals surface area (Å²) in [4.78, 5) is 40.8. The van der Waals surface area contributed by atoms with Crippen LogP contribution >= 0.6 is 15.9 Å². The van der Waals surface area contributed by atoms with Crippen molar-refractivity contribution in [3.8, 4) is 0 Å². The van der Waals surface area contributed by atoms with Crippen LogP contribution in [0.1, 0.15) is 34.2 Å². The lowest BCUT2D eigenvalue weighted by Crippen LogP contribution is -2.65. The van der Waals surface area contributed by atoms with Gasteiger partial charge >= 0.3 is 0 Å². The number of likely N-dealkylation sites (N-methyl/N-ethyl adjacent to an activating group) is 1. The lowest BCUT2D eigenvalue weighted by molar-refractivity contribution is -0.153. The van der Waals surface area contributed by atoms with Gasteiger partial charge in [0.05, 0.1) is 6.04 Å². The maximum absolute atomic E-state index is 14.0. The van der Waals surface area contributed by atoms with Gasteiger partial charge < -0.3 is 21.1 Å². The van der Waals surface area contributed by atoms with Crippen molar-refractivity contribution in [2.45, 2.75) is 31.4 Å². The van der Waals surface area contributed by atoms with E-state index in [-0.39, 0.29) is 17.8 Å². The smallest absolute Gasteiger partial charge is 0.255 e. The van der Waals surface area contributed by atoms with E-state index in [0.29, 0.717) is 12.0 Å². The number of hydrogen-bond acceptors (Lipinski definition) is 7. The summed E-state index contributed by atoms with van der Waals surface area (Å²) >= 11 is 3.43. The summed E-state index contributed by atoms with van der Waals surface area (Å²) in [5.41, 5.74) is 5.99. The maximum atomic E-state index is 14.0. The second-order valence-corrected chi connectivity index (χ2v) is 11.6. The summed E-state index contributed by atoms with van der Waals surface area (Å²) in [6.07, 6.45) is 4.43. The minimum Gasteiger partial charge on any atom is -0.508 e. The Hall–Kier alpha value is -3.53. The molecule has 3 aliphatic rings. The molecule has 0 aliphatic heterocycles. The molecule has 9 heteroatoms. The molecule has 1 amide bonds. The first-order valence-electron chi connectivity index (χ1n) is 12.6. The first-order valence-corrected chi connectivity index (χ1v) is 13.4. The zero-order valence-corrected chi connectivity index (χ0v) is 23.3. The van der Waals surface area contributed by atoms with Gasteiger partial charge in [-0.15, -0.1) is 0 Å². The molecule has 0 radical (unpaired) electrons. The number of amides is 1. The number of aryl methyl sites for hydroxylation is 1. The summed E-state index contributed by atoms with van der Waals surface area (Å²) in [6, 6.07) is 10.6. The van der Waals surface area contributed by atoms with Crippen LogP contribution in [0.15, 0.2) is 57.8 Å². The predicted molar refractivity (Wildman–Crippen MR) is 150 cm³/mol. The van der Waals surface area contributed by atoms with E-state index in [1.165, 1.54) is 4.90 Å². The number of fused-ring (bicyclic) bond motifs is 3. The lowest BCUT2D eigenvalue weighted by Gasteiger charge is -2.50. The quantitative estimate of drug-likeness (QED) is 0.314. The van der Waals surface area contributed by atoms with Crippen molar-refractivity contribution in [1.29, 1.82) is 0 Å². The third-order valence-electron chi connectivity index (χ3n) is 8.20. The molecule has 0 spiro atoms. The fourth-order valence-electron chi connectivity index (χ4n) is 6.38. The Bertz CT molecular complexity index is 1520. The number of hydrogen-bond donors (Lipinski definition) is 4. The Morgan fingerprint density at radius 3 is 2.38 bits per heavy atom. The number of aliphatic hydroxyl groups is 3. The number of aliphatic hydroxyl groups excluding tert-OH is 2. The van der Waals surface area contributed by atoms with Crippen molar-refractivity contribution < 1.29 is 29.7 Å². The first-order chi connectivity index (χ1) is 18.4. The molecule has 0 aromatic heterocycles. The van der Waals surface area contributed by atoms with Crippen LogP contribution in [0.25, 0.3) is 17.9 Å². The van der Waals surface area contributed by atoms with Gasteiger partial charge in [-0.2, -0.15) is 0 Å². The highest BCUT2D eigenvalue weighted by atomic mass is 79.9. The van der Waals surface area contributed by atoms with Crippen LogP contribution in [0.3, 0.4) is 0 Å². The van der Waals surface area contributed by atoms with E-state index >= 15 is 0 Å². The second-order valence-electron chi connectivity index (χ2n) is 10.7. The average molecular weight is 593 g/mol. The molecular weight excluding hydrogens is 564 g/mol. The van der Waals surface area contributed by atoms with Crippen molar-refractivity contribution >= 4 is 51.3 Å². The molecule has 1 unspecified atom stereocenters. The van der Waals surface area contributed by atoms with Crippen molar-refractivity contribution in [3.05, 3.63) is 85.6 Å². The van der Waals surface area contributed by atoms with E-state index in [0.717, 1.165) is 26.7 Å². The Morgan fingerprint density at radius 2 is 1.77 bits per heavy atom. The monoisotopic (exact) mass is 592 g/mol. The van der Waals surface area contributed by atoms with E-state index in [2.05, 4.69) is 15.9 Å². The van der Waals surface area contributed by atoms with Gasteiger partial charge in [0.1, 0.15) is 17.1 Å². The predicted octanol–water partition coefficient (Wildman–Crippen LogP) is 3.50. The lowest BCUT2D eigenvalue weighted by atomic mass is 9.57. The molecule has 0 saturated heterocycles. The maximum Gasteiger partial charge on any atom is 0.255 e. The number of benzene rings is 2. The van der Waals surface area contributed by atoms with Crippen LogP contribution in [0, 0.1) is 18.8 Å². The minimum absolute atomic E-state index is 0.0133. The van der Waals surface area contributed by atoms with E-state index in [1.807, 2.05) is 55.5 Å². The number of primary amides is 1. The summed E-state index contributed by atoms with van der Waals surface area (Å²) in [7, 11) is 3.20. The molecule has 2 aromatic rings. The fraction of sp³-hybridized carbons (Fsp3) is 0.300. The van der Waals surface area contributed by atoms with Crippen molar-refractivity contribution in [1.82, 2.24) is 4.90 Å². The molecule has 0 heterocycles. The molecule has 1 fully saturated rings. The normalized spacial score (nSPS) is 26.7. The van der Waals surface area contributed by atoms with Crippen LogP contribution in [0.4, 0.5) is 0 Å². The molecule has 5 rings (SSSR count). The highest BCUT2D eigenvalue weighted by molar-refractivity contribution is 9.10. The van der Waals surface area contributed by atoms with Crippen molar-refractivity contribution in [3.63, 3.8) is 0 Å². The standard InChI is InChI=1S/C30H29BrN2O6/c1-14-4-8-16(9-5-15-6-10-18(31)11-7-15)19-12-17-13-20-24(33(2)3)26(35)23(29(32)38)28(37)30(20,39)27(36)22(17)25(34)21(14)19/h4-11,17,20,24,34,37,39H,12-13H2,1-3H3,(H2,32,38)/b9-5+/t17-,20-,24-,30?/m0/s1. The number of carbonyl (C=O) groups excluding carboxylic acids is 3. The van der Waals surface area contributed by atoms with Crippen molar-refractivity contribution in [2.75, 3.05) is 14.1 Å². The number of Topliss-reactive ketones (excluding diaryl/α,β-unsaturated/α-hetero) is 2. The van der Waals surface area contributed by atoms with E-state index in [4.69, 9.17) is 5.73 Å². The van der Waals surface area contributed by atoms with Gasteiger partial charge in [-0.05, 0) is 74.2 Å². The number of nitrogens with zero attached hydrogens (tertiary/aromatic N) is 1. The van der Waals surface area contributed by atoms with Gasteiger partial charge in [-0.1, -0.05) is 52.3 Å². The highest BCUT2D eigenvalue weighted by Crippen LogP contribution is 2.52. The van der Waals surface area contributed by atoms with Gasteiger partial charge in [-0.25, -0.2) is 0 Å². The average Bonchev–Trinajstić information content (AvgIpc) is 2.86. The molecule has 1 saturated carbocycles. The van der Waals surface area contributed by atoms with Crippen LogP contribution < -0.4 is 5.73 Å². The molecule has 39 heavy (non-hydrogen) atoms. The van der Waals surface area contributed by atoms with Crippen molar-refractivity contribution in [2.24, 2.45) is 17.6 Å². The van der Waals surface area contributed by atoms with Gasteiger partial charge in [-0.3, -0.25) is 19.3 Å². The Labute approximate surface area is 234 Å². The van der Waals surface area contributed by atoms with Crippen LogP contribution in [-0.4, -0.2) is 63.4 Å². The Morgan fingerprint density at radius 1 is 1.10 bits per heavy atom. The number of rotatable bonds is 4. The number of ketones is 2. The van der Waals surface area contributed by atoms with Gasteiger partial charge in [0, 0.05) is 21.5 Å².